The van der Waals surface area contributed by atoms with Gasteiger partial charge in [-0.3, -0.25) is 13.9 Å². The van der Waals surface area contributed by atoms with Gasteiger partial charge in [0.25, 0.3) is 0 Å². The van der Waals surface area contributed by atoms with Crippen LogP contribution in [0.15, 0.2) is 72.8 Å². The maximum atomic E-state index is 13.8. The van der Waals surface area contributed by atoms with Crippen molar-refractivity contribution in [3.8, 4) is 0 Å². The molecule has 7 nitrogen and oxygen atoms in total. The van der Waals surface area contributed by atoms with Crippen LogP contribution < -0.4 is 9.62 Å². The van der Waals surface area contributed by atoms with Crippen molar-refractivity contribution in [3.63, 3.8) is 0 Å². The smallest absolute Gasteiger partial charge is 0.243 e. The lowest BCUT2D eigenvalue weighted by molar-refractivity contribution is -0.141. The highest BCUT2D eigenvalue weighted by Crippen LogP contribution is 2.22. The Hall–Kier alpha value is -3.86. The number of nitrogens with one attached hydrogen (secondary N) is 1. The lowest BCUT2D eigenvalue weighted by Gasteiger charge is -2.32. The minimum Gasteiger partial charge on any atom is -0.355 e. The molecule has 0 aliphatic carbocycles. The van der Waals surface area contributed by atoms with Gasteiger partial charge in [-0.25, -0.2) is 21.6 Å². The van der Waals surface area contributed by atoms with Crippen molar-refractivity contribution in [2.45, 2.75) is 38.8 Å². The lowest BCUT2D eigenvalue weighted by Crippen LogP contribution is -2.50. The van der Waals surface area contributed by atoms with E-state index in [-0.39, 0.29) is 43.9 Å². The van der Waals surface area contributed by atoms with Gasteiger partial charge in [-0.1, -0.05) is 42.5 Å². The Morgan fingerprint density at radius 2 is 1.57 bits per heavy atom. The van der Waals surface area contributed by atoms with Gasteiger partial charge < -0.3 is 10.2 Å². The molecule has 2 amide bonds. The molecule has 40 heavy (non-hydrogen) atoms. The molecule has 0 radical (unpaired) electrons. The molecule has 0 unspecified atom stereocenters. The fourth-order valence-electron chi connectivity index (χ4n) is 4.28. The van der Waals surface area contributed by atoms with E-state index in [4.69, 9.17) is 0 Å². The highest BCUT2D eigenvalue weighted by atomic mass is 32.2. The van der Waals surface area contributed by atoms with Crippen molar-refractivity contribution in [1.82, 2.24) is 10.2 Å². The van der Waals surface area contributed by atoms with Gasteiger partial charge in [0, 0.05) is 38.5 Å². The molecule has 3 aromatic rings. The number of likely N-dealkylation sites (N-methyl/N-ethyl adjacent to an activating group) is 1. The van der Waals surface area contributed by atoms with Crippen LogP contribution in [-0.2, 0) is 32.6 Å². The maximum Gasteiger partial charge on any atom is 0.243 e. The summed E-state index contributed by atoms with van der Waals surface area (Å²) in [5.74, 6) is -3.53. The number of sulfonamides is 1. The summed E-state index contributed by atoms with van der Waals surface area (Å²) in [5.41, 5.74) is 1.37. The second kappa shape index (κ2) is 14.0. The average molecular weight is 576 g/mol. The molecule has 0 saturated carbocycles. The summed E-state index contributed by atoms with van der Waals surface area (Å²) in [5, 5.41) is 2.78. The fraction of sp³-hybridized carbons (Fsp3) is 0.310. The number of anilines is 1. The summed E-state index contributed by atoms with van der Waals surface area (Å²) in [6.07, 6.45) is 1.06. The quantitative estimate of drug-likeness (QED) is 0.327. The first-order chi connectivity index (χ1) is 19.0. The standard InChI is InChI=1S/C29H32F3N3O4S/c1-3-33-29(37)27(18-21-8-5-4-6-9-21)34(20-22-11-13-23(30)14-12-22)28(36)10-7-17-35(40(2,38)39)24-15-16-25(31)26(32)19-24/h4-6,8-9,11-16,19,27H,3,7,10,17-18,20H2,1-2H3,(H,33,37)/t27-/m0/s1. The van der Waals surface area contributed by atoms with E-state index in [1.165, 1.54) is 29.2 Å². The Kier molecular flexibility index (Phi) is 10.7. The maximum absolute atomic E-state index is 13.8. The molecule has 3 aromatic carbocycles. The Bertz CT molecular complexity index is 1400. The van der Waals surface area contributed by atoms with Gasteiger partial charge in [-0.2, -0.15) is 0 Å². The summed E-state index contributed by atoms with van der Waals surface area (Å²) in [6.45, 7) is 1.96. The molecule has 0 spiro atoms. The zero-order chi connectivity index (χ0) is 29.3. The summed E-state index contributed by atoms with van der Waals surface area (Å²) in [4.78, 5) is 28.2. The number of carbonyl (C=O) groups is 2. The van der Waals surface area contributed by atoms with Gasteiger partial charge in [0.1, 0.15) is 11.9 Å². The number of hydrogen-bond donors (Lipinski definition) is 1. The Labute approximate surface area is 232 Å². The minimum absolute atomic E-state index is 0.0205. The predicted molar refractivity (Wildman–Crippen MR) is 147 cm³/mol. The van der Waals surface area contributed by atoms with Crippen LogP contribution in [0.25, 0.3) is 0 Å². The molecule has 0 heterocycles. The molecule has 214 valence electrons. The predicted octanol–water partition coefficient (Wildman–Crippen LogP) is 4.43. The molecule has 0 aromatic heterocycles. The molecular weight excluding hydrogens is 543 g/mol. The number of hydrogen-bond acceptors (Lipinski definition) is 4. The second-order valence-corrected chi connectivity index (χ2v) is 11.2. The molecule has 0 bridgehead atoms. The van der Waals surface area contributed by atoms with Crippen LogP contribution in [0.4, 0.5) is 18.9 Å². The summed E-state index contributed by atoms with van der Waals surface area (Å²) >= 11 is 0. The zero-order valence-electron chi connectivity index (χ0n) is 22.3. The third-order valence-electron chi connectivity index (χ3n) is 6.23. The van der Waals surface area contributed by atoms with E-state index in [1.54, 1.807) is 6.92 Å². The van der Waals surface area contributed by atoms with Crippen molar-refractivity contribution in [2.24, 2.45) is 0 Å². The Morgan fingerprint density at radius 3 is 2.17 bits per heavy atom. The van der Waals surface area contributed by atoms with Gasteiger partial charge in [-0.15, -0.1) is 0 Å². The van der Waals surface area contributed by atoms with Crippen LogP contribution in [0, 0.1) is 17.5 Å². The van der Waals surface area contributed by atoms with Crippen LogP contribution in [0.3, 0.4) is 0 Å². The molecular formula is C29H32F3N3O4S. The molecule has 0 saturated heterocycles. The number of rotatable bonds is 13. The topological polar surface area (TPSA) is 86.8 Å². The Balaban J connectivity index is 1.86. The van der Waals surface area contributed by atoms with Crippen molar-refractivity contribution < 1.29 is 31.2 Å². The van der Waals surface area contributed by atoms with E-state index in [1.807, 2.05) is 30.3 Å². The number of benzene rings is 3. The zero-order valence-corrected chi connectivity index (χ0v) is 23.1. The third-order valence-corrected chi connectivity index (χ3v) is 7.43. The average Bonchev–Trinajstić information content (AvgIpc) is 2.91. The van der Waals surface area contributed by atoms with Crippen molar-refractivity contribution in [1.29, 1.82) is 0 Å². The monoisotopic (exact) mass is 575 g/mol. The molecule has 1 N–H and O–H groups in total. The van der Waals surface area contributed by atoms with Gasteiger partial charge in [0.15, 0.2) is 11.6 Å². The minimum atomic E-state index is -3.88. The molecule has 0 aliphatic heterocycles. The first kappa shape index (κ1) is 30.7. The van der Waals surface area contributed by atoms with E-state index in [0.29, 0.717) is 12.1 Å². The number of halogens is 3. The van der Waals surface area contributed by atoms with Crippen LogP contribution >= 0.6 is 0 Å². The van der Waals surface area contributed by atoms with Crippen molar-refractivity contribution >= 4 is 27.5 Å². The first-order valence-corrected chi connectivity index (χ1v) is 14.6. The number of amides is 2. The third kappa shape index (κ3) is 8.57. The van der Waals surface area contributed by atoms with Crippen LogP contribution in [-0.4, -0.2) is 50.5 Å². The van der Waals surface area contributed by atoms with Gasteiger partial charge in [0.05, 0.1) is 11.9 Å². The molecule has 11 heteroatoms. The van der Waals surface area contributed by atoms with Crippen LogP contribution in [0.5, 0.6) is 0 Å². The molecule has 0 fully saturated rings. The van der Waals surface area contributed by atoms with Crippen LogP contribution in [0.1, 0.15) is 30.9 Å². The molecule has 3 rings (SSSR count). The first-order valence-electron chi connectivity index (χ1n) is 12.8. The fourth-order valence-corrected chi connectivity index (χ4v) is 5.23. The second-order valence-electron chi connectivity index (χ2n) is 9.29. The van der Waals surface area contributed by atoms with Gasteiger partial charge >= 0.3 is 0 Å². The Morgan fingerprint density at radius 1 is 0.900 bits per heavy atom. The molecule has 0 aliphatic rings. The summed E-state index contributed by atoms with van der Waals surface area (Å²) < 4.78 is 66.5. The van der Waals surface area contributed by atoms with E-state index in [0.717, 1.165) is 34.3 Å². The van der Waals surface area contributed by atoms with Gasteiger partial charge in [-0.05, 0) is 48.7 Å². The lowest BCUT2D eigenvalue weighted by atomic mass is 10.0. The largest absolute Gasteiger partial charge is 0.355 e. The van der Waals surface area contributed by atoms with Crippen molar-refractivity contribution in [2.75, 3.05) is 23.7 Å². The number of carbonyl (C=O) groups excluding carboxylic acids is 2. The molecule has 1 atom stereocenters. The normalized spacial score (nSPS) is 12.0. The highest BCUT2D eigenvalue weighted by Gasteiger charge is 2.30. The summed E-state index contributed by atoms with van der Waals surface area (Å²) in [6, 6.07) is 16.6. The van der Waals surface area contributed by atoms with Gasteiger partial charge in [0.2, 0.25) is 21.8 Å². The SMILES string of the molecule is CCNC(=O)[C@H](Cc1ccccc1)N(Cc1ccc(F)cc1)C(=O)CCCN(c1ccc(F)c(F)c1)S(C)(=O)=O. The van der Waals surface area contributed by atoms with E-state index < -0.39 is 39.4 Å². The van der Waals surface area contributed by atoms with Crippen molar-refractivity contribution in [3.05, 3.63) is 101 Å². The van der Waals surface area contributed by atoms with E-state index >= 15 is 0 Å². The van der Waals surface area contributed by atoms with Crippen LogP contribution in [0.2, 0.25) is 0 Å². The van der Waals surface area contributed by atoms with E-state index in [2.05, 4.69) is 5.32 Å². The van der Waals surface area contributed by atoms with E-state index in [9.17, 15) is 31.2 Å². The number of nitrogens with zero attached hydrogens (tertiary/aromatic N) is 2. The highest BCUT2D eigenvalue weighted by molar-refractivity contribution is 7.92. The summed E-state index contributed by atoms with van der Waals surface area (Å²) in [7, 11) is -3.88.